The monoisotopic (exact) mass is 182 g/mol. The molecule has 0 aromatic heterocycles. The second-order valence-electron chi connectivity index (χ2n) is 2.61. The van der Waals surface area contributed by atoms with Crippen LogP contribution < -0.4 is 4.74 Å². The van der Waals surface area contributed by atoms with Gasteiger partial charge in [0.15, 0.2) is 0 Å². The molecule has 2 heteroatoms. The normalized spacial score (nSPS) is 8.62. The molecule has 0 radical (unpaired) electrons. The van der Waals surface area contributed by atoms with Gasteiger partial charge in [-0.15, -0.1) is 0 Å². The predicted octanol–water partition coefficient (Wildman–Crippen LogP) is 2.52. The van der Waals surface area contributed by atoms with Gasteiger partial charge in [0.05, 0.1) is 7.11 Å². The third-order valence-corrected chi connectivity index (χ3v) is 1.54. The highest BCUT2D eigenvalue weighted by atomic mass is 16.5. The smallest absolute Gasteiger partial charge is 0.119 e. The molecule has 0 aliphatic heterocycles. The Bertz CT molecular complexity index is 202. The Morgan fingerprint density at radius 2 is 1.77 bits per heavy atom. The fourth-order valence-electron chi connectivity index (χ4n) is 0.892. The van der Waals surface area contributed by atoms with Crippen LogP contribution >= 0.6 is 0 Å². The molecule has 0 saturated heterocycles. The van der Waals surface area contributed by atoms with Crippen LogP contribution in [0.4, 0.5) is 0 Å². The van der Waals surface area contributed by atoms with Crippen molar-refractivity contribution in [2.24, 2.45) is 0 Å². The fourth-order valence-corrected chi connectivity index (χ4v) is 0.892. The van der Waals surface area contributed by atoms with E-state index in [1.54, 1.807) is 21.3 Å². The van der Waals surface area contributed by atoms with Crippen molar-refractivity contribution in [1.29, 1.82) is 0 Å². The summed E-state index contributed by atoms with van der Waals surface area (Å²) in [5.74, 6) is 0.944. The molecule has 2 nitrogen and oxygen atoms in total. The standard InChI is InChI=1S/C9H12O.C2H6O/c1-3-8-5-4-6-9(7-8)10-2;1-3-2/h4-7H,3H2,1-2H3;1-2H3. The molecule has 1 rings (SSSR count). The first-order valence-corrected chi connectivity index (χ1v) is 4.31. The van der Waals surface area contributed by atoms with Crippen LogP contribution in [-0.4, -0.2) is 21.3 Å². The summed E-state index contributed by atoms with van der Waals surface area (Å²) < 4.78 is 9.31. The molecule has 0 amide bonds. The quantitative estimate of drug-likeness (QED) is 0.699. The Morgan fingerprint density at radius 3 is 2.23 bits per heavy atom. The van der Waals surface area contributed by atoms with Gasteiger partial charge >= 0.3 is 0 Å². The van der Waals surface area contributed by atoms with Crippen LogP contribution in [0.15, 0.2) is 24.3 Å². The molecule has 0 bridgehead atoms. The minimum absolute atomic E-state index is 0.944. The van der Waals surface area contributed by atoms with Gasteiger partial charge in [0.25, 0.3) is 0 Å². The Hall–Kier alpha value is -1.02. The molecule has 0 spiro atoms. The minimum atomic E-state index is 0.944. The summed E-state index contributed by atoms with van der Waals surface area (Å²) in [4.78, 5) is 0. The topological polar surface area (TPSA) is 18.5 Å². The van der Waals surface area contributed by atoms with Crippen LogP contribution in [0.25, 0.3) is 0 Å². The molecular formula is C11H18O2. The van der Waals surface area contributed by atoms with Crippen LogP contribution in [0, 0.1) is 0 Å². The summed E-state index contributed by atoms with van der Waals surface area (Å²) in [5.41, 5.74) is 1.32. The lowest BCUT2D eigenvalue weighted by molar-refractivity contribution is 0.277. The summed E-state index contributed by atoms with van der Waals surface area (Å²) in [6.45, 7) is 2.13. The zero-order valence-corrected chi connectivity index (χ0v) is 8.83. The molecule has 0 atom stereocenters. The number of ether oxygens (including phenoxy) is 2. The first-order chi connectivity index (χ1) is 6.28. The number of hydrogen-bond acceptors (Lipinski definition) is 2. The highest BCUT2D eigenvalue weighted by molar-refractivity contribution is 5.28. The average molecular weight is 182 g/mol. The fraction of sp³-hybridized carbons (Fsp3) is 0.455. The van der Waals surface area contributed by atoms with Crippen molar-refractivity contribution in [2.75, 3.05) is 21.3 Å². The Labute approximate surface area is 80.5 Å². The molecule has 0 fully saturated rings. The predicted molar refractivity (Wildman–Crippen MR) is 55.3 cm³/mol. The highest BCUT2D eigenvalue weighted by Crippen LogP contribution is 2.12. The molecule has 0 aliphatic carbocycles. The van der Waals surface area contributed by atoms with Crippen LogP contribution in [0.1, 0.15) is 12.5 Å². The SMILES string of the molecule is CCc1cccc(OC)c1.COC. The van der Waals surface area contributed by atoms with Gasteiger partial charge in [-0.1, -0.05) is 19.1 Å². The first kappa shape index (κ1) is 12.0. The Morgan fingerprint density at radius 1 is 1.15 bits per heavy atom. The van der Waals surface area contributed by atoms with Gasteiger partial charge in [-0.05, 0) is 24.1 Å². The first-order valence-electron chi connectivity index (χ1n) is 4.31. The van der Waals surface area contributed by atoms with Gasteiger partial charge in [-0.3, -0.25) is 0 Å². The molecule has 0 heterocycles. The van der Waals surface area contributed by atoms with E-state index in [9.17, 15) is 0 Å². The minimum Gasteiger partial charge on any atom is -0.497 e. The van der Waals surface area contributed by atoms with E-state index in [1.807, 2.05) is 12.1 Å². The van der Waals surface area contributed by atoms with Crippen molar-refractivity contribution in [3.05, 3.63) is 29.8 Å². The average Bonchev–Trinajstić information content (AvgIpc) is 2.19. The van der Waals surface area contributed by atoms with Crippen molar-refractivity contribution in [3.63, 3.8) is 0 Å². The molecule has 0 saturated carbocycles. The van der Waals surface area contributed by atoms with E-state index in [1.165, 1.54) is 5.56 Å². The summed E-state index contributed by atoms with van der Waals surface area (Å²) in [7, 11) is 4.94. The van der Waals surface area contributed by atoms with Gasteiger partial charge in [0, 0.05) is 14.2 Å². The zero-order valence-electron chi connectivity index (χ0n) is 8.83. The van der Waals surface area contributed by atoms with Crippen molar-refractivity contribution in [3.8, 4) is 5.75 Å². The molecule has 0 N–H and O–H groups in total. The van der Waals surface area contributed by atoms with Crippen molar-refractivity contribution in [1.82, 2.24) is 0 Å². The van der Waals surface area contributed by atoms with Gasteiger partial charge < -0.3 is 9.47 Å². The van der Waals surface area contributed by atoms with Gasteiger partial charge in [0.1, 0.15) is 5.75 Å². The second-order valence-corrected chi connectivity index (χ2v) is 2.61. The van der Waals surface area contributed by atoms with E-state index < -0.39 is 0 Å². The molecule has 0 unspecified atom stereocenters. The van der Waals surface area contributed by atoms with E-state index in [0.717, 1.165) is 12.2 Å². The number of hydrogen-bond donors (Lipinski definition) is 0. The third-order valence-electron chi connectivity index (χ3n) is 1.54. The lowest BCUT2D eigenvalue weighted by Gasteiger charge is -2.00. The molecule has 13 heavy (non-hydrogen) atoms. The molecule has 1 aromatic rings. The van der Waals surface area contributed by atoms with Gasteiger partial charge in [-0.2, -0.15) is 0 Å². The Kier molecular flexibility index (Phi) is 7.02. The second kappa shape index (κ2) is 7.62. The number of methoxy groups -OCH3 is 2. The molecule has 1 aromatic carbocycles. The molecule has 74 valence electrons. The largest absolute Gasteiger partial charge is 0.497 e. The lowest BCUT2D eigenvalue weighted by atomic mass is 10.2. The number of aryl methyl sites for hydroxylation is 1. The zero-order chi connectivity index (χ0) is 10.1. The lowest BCUT2D eigenvalue weighted by Crippen LogP contribution is -1.84. The van der Waals surface area contributed by atoms with Crippen LogP contribution in [0.3, 0.4) is 0 Å². The Balaban J connectivity index is 0.000000424. The molecular weight excluding hydrogens is 164 g/mol. The summed E-state index contributed by atoms with van der Waals surface area (Å²) in [6, 6.07) is 8.12. The van der Waals surface area contributed by atoms with Crippen LogP contribution in [0.5, 0.6) is 5.75 Å². The van der Waals surface area contributed by atoms with E-state index in [-0.39, 0.29) is 0 Å². The van der Waals surface area contributed by atoms with Crippen LogP contribution in [-0.2, 0) is 11.2 Å². The van der Waals surface area contributed by atoms with Crippen LogP contribution in [0.2, 0.25) is 0 Å². The van der Waals surface area contributed by atoms with Crippen molar-refractivity contribution in [2.45, 2.75) is 13.3 Å². The number of rotatable bonds is 2. The summed E-state index contributed by atoms with van der Waals surface area (Å²) in [5, 5.41) is 0. The van der Waals surface area contributed by atoms with Crippen molar-refractivity contribution >= 4 is 0 Å². The van der Waals surface area contributed by atoms with Gasteiger partial charge in [0.2, 0.25) is 0 Å². The summed E-state index contributed by atoms with van der Waals surface area (Å²) in [6.07, 6.45) is 1.07. The molecule has 0 aliphatic rings. The van der Waals surface area contributed by atoms with E-state index in [2.05, 4.69) is 23.8 Å². The van der Waals surface area contributed by atoms with Gasteiger partial charge in [-0.25, -0.2) is 0 Å². The maximum absolute atomic E-state index is 5.06. The van der Waals surface area contributed by atoms with E-state index in [0.29, 0.717) is 0 Å². The van der Waals surface area contributed by atoms with Crippen molar-refractivity contribution < 1.29 is 9.47 Å². The third kappa shape index (κ3) is 5.26. The summed E-state index contributed by atoms with van der Waals surface area (Å²) >= 11 is 0. The maximum Gasteiger partial charge on any atom is 0.119 e. The maximum atomic E-state index is 5.06. The van der Waals surface area contributed by atoms with E-state index >= 15 is 0 Å². The van der Waals surface area contributed by atoms with E-state index in [4.69, 9.17) is 4.74 Å². The number of benzene rings is 1. The highest BCUT2D eigenvalue weighted by Gasteiger charge is 1.90.